The molecule has 0 unspecified atom stereocenters. The van der Waals surface area contributed by atoms with Gasteiger partial charge >= 0.3 is 0 Å². The van der Waals surface area contributed by atoms with E-state index in [4.69, 9.17) is 0 Å². The molecule has 1 aromatic heterocycles. The lowest BCUT2D eigenvalue weighted by Gasteiger charge is -2.08. The van der Waals surface area contributed by atoms with Crippen molar-refractivity contribution in [3.8, 4) is 0 Å². The maximum atomic E-state index is 12.5. The van der Waals surface area contributed by atoms with Crippen molar-refractivity contribution in [1.82, 2.24) is 4.98 Å². The molecule has 1 heterocycles. The fraction of sp³-hybridized carbons (Fsp3) is 0.235. The molecule has 0 saturated heterocycles. The molecule has 0 spiro atoms. The summed E-state index contributed by atoms with van der Waals surface area (Å²) in [6.45, 7) is 4.28. The van der Waals surface area contributed by atoms with E-state index in [1.165, 1.54) is 11.3 Å². The maximum Gasteiger partial charge on any atom is 0.263 e. The van der Waals surface area contributed by atoms with E-state index in [1.54, 1.807) is 12.1 Å². The van der Waals surface area contributed by atoms with Gasteiger partial charge in [-0.15, -0.1) is 0 Å². The first-order valence-corrected chi connectivity index (χ1v) is 9.71. The Morgan fingerprint density at radius 3 is 2.43 bits per heavy atom. The lowest BCUT2D eigenvalue weighted by atomic mass is 10.0. The Morgan fingerprint density at radius 1 is 1.09 bits per heavy atom. The van der Waals surface area contributed by atoms with Gasteiger partial charge in [-0.3, -0.25) is 4.72 Å². The molecule has 0 aliphatic carbocycles. The third-order valence-electron chi connectivity index (χ3n) is 3.39. The zero-order valence-electron chi connectivity index (χ0n) is 13.0. The Balaban J connectivity index is 1.83. The predicted molar refractivity (Wildman–Crippen MR) is 95.4 cm³/mol. The van der Waals surface area contributed by atoms with Crippen LogP contribution in [0.25, 0.3) is 10.2 Å². The zero-order chi connectivity index (χ0) is 16.4. The molecule has 2 aromatic carbocycles. The van der Waals surface area contributed by atoms with Gasteiger partial charge in [0, 0.05) is 0 Å². The molecule has 23 heavy (non-hydrogen) atoms. The quantitative estimate of drug-likeness (QED) is 0.749. The number of anilines is 1. The SMILES string of the molecule is CC(C)Cc1ccc(S(=O)(=O)Nc2nc3ccccc3s2)cc1. The number of hydrogen-bond donors (Lipinski definition) is 1. The Morgan fingerprint density at radius 2 is 1.78 bits per heavy atom. The van der Waals surface area contributed by atoms with E-state index in [2.05, 4.69) is 23.6 Å². The summed E-state index contributed by atoms with van der Waals surface area (Å²) in [7, 11) is -3.61. The lowest BCUT2D eigenvalue weighted by Crippen LogP contribution is -2.12. The molecular formula is C17H18N2O2S2. The Hall–Kier alpha value is -1.92. The molecule has 0 atom stereocenters. The zero-order valence-corrected chi connectivity index (χ0v) is 14.6. The second kappa shape index (κ2) is 6.29. The molecule has 0 radical (unpaired) electrons. The third kappa shape index (κ3) is 3.71. The van der Waals surface area contributed by atoms with Crippen molar-refractivity contribution in [2.45, 2.75) is 25.2 Å². The molecule has 3 aromatic rings. The van der Waals surface area contributed by atoms with Crippen LogP contribution in [-0.4, -0.2) is 13.4 Å². The second-order valence-electron chi connectivity index (χ2n) is 5.83. The normalized spacial score (nSPS) is 12.0. The highest BCUT2D eigenvalue weighted by Gasteiger charge is 2.16. The average molecular weight is 346 g/mol. The van der Waals surface area contributed by atoms with Gasteiger partial charge in [-0.2, -0.15) is 0 Å². The van der Waals surface area contributed by atoms with Crippen LogP contribution in [0.3, 0.4) is 0 Å². The Kier molecular flexibility index (Phi) is 4.37. The van der Waals surface area contributed by atoms with Crippen molar-refractivity contribution in [1.29, 1.82) is 0 Å². The van der Waals surface area contributed by atoms with Crippen molar-refractivity contribution in [3.63, 3.8) is 0 Å². The minimum atomic E-state index is -3.61. The number of sulfonamides is 1. The van der Waals surface area contributed by atoms with Crippen LogP contribution in [0.5, 0.6) is 0 Å². The number of rotatable bonds is 5. The first-order valence-electron chi connectivity index (χ1n) is 7.41. The van der Waals surface area contributed by atoms with Crippen LogP contribution in [0, 0.1) is 5.92 Å². The van der Waals surface area contributed by atoms with Crippen molar-refractivity contribution in [3.05, 3.63) is 54.1 Å². The molecule has 1 N–H and O–H groups in total. The van der Waals surface area contributed by atoms with Crippen molar-refractivity contribution in [2.24, 2.45) is 5.92 Å². The average Bonchev–Trinajstić information content (AvgIpc) is 2.88. The highest BCUT2D eigenvalue weighted by atomic mass is 32.2. The smallest absolute Gasteiger partial charge is 0.255 e. The van der Waals surface area contributed by atoms with E-state index in [0.29, 0.717) is 11.0 Å². The van der Waals surface area contributed by atoms with Crippen molar-refractivity contribution in [2.75, 3.05) is 4.72 Å². The molecular weight excluding hydrogens is 328 g/mol. The Labute approximate surface area is 140 Å². The lowest BCUT2D eigenvalue weighted by molar-refractivity contribution is 0.601. The fourth-order valence-electron chi connectivity index (χ4n) is 2.37. The molecule has 4 nitrogen and oxygen atoms in total. The van der Waals surface area contributed by atoms with Gasteiger partial charge in [0.15, 0.2) is 5.13 Å². The van der Waals surface area contributed by atoms with E-state index < -0.39 is 10.0 Å². The molecule has 0 aliphatic heterocycles. The standard InChI is InChI=1S/C17H18N2O2S2/c1-12(2)11-13-7-9-14(10-8-13)23(20,21)19-17-18-15-5-3-4-6-16(15)22-17/h3-10,12H,11H2,1-2H3,(H,18,19). The fourth-order valence-corrected chi connectivity index (χ4v) is 4.47. The van der Waals surface area contributed by atoms with E-state index >= 15 is 0 Å². The van der Waals surface area contributed by atoms with Crippen LogP contribution in [-0.2, 0) is 16.4 Å². The first kappa shape index (κ1) is 16.0. The van der Waals surface area contributed by atoms with Crippen LogP contribution in [0.1, 0.15) is 19.4 Å². The van der Waals surface area contributed by atoms with E-state index in [-0.39, 0.29) is 4.90 Å². The van der Waals surface area contributed by atoms with Gasteiger partial charge in [0.2, 0.25) is 0 Å². The highest BCUT2D eigenvalue weighted by molar-refractivity contribution is 7.93. The number of thiazole rings is 1. The topological polar surface area (TPSA) is 59.1 Å². The summed E-state index contributed by atoms with van der Waals surface area (Å²) in [5, 5.41) is 0.387. The molecule has 0 amide bonds. The monoisotopic (exact) mass is 346 g/mol. The van der Waals surface area contributed by atoms with Gasteiger partial charge in [-0.1, -0.05) is 49.4 Å². The van der Waals surface area contributed by atoms with Crippen LogP contribution in [0.2, 0.25) is 0 Å². The van der Waals surface area contributed by atoms with E-state index in [9.17, 15) is 8.42 Å². The van der Waals surface area contributed by atoms with Gasteiger partial charge in [0.1, 0.15) is 0 Å². The number of hydrogen-bond acceptors (Lipinski definition) is 4. The maximum absolute atomic E-state index is 12.5. The molecule has 0 saturated carbocycles. The number of nitrogens with zero attached hydrogens (tertiary/aromatic N) is 1. The predicted octanol–water partition coefficient (Wildman–Crippen LogP) is 4.30. The summed E-state index contributed by atoms with van der Waals surface area (Å²) in [5.41, 5.74) is 1.93. The summed E-state index contributed by atoms with van der Waals surface area (Å²) in [5.74, 6) is 0.540. The summed E-state index contributed by atoms with van der Waals surface area (Å²) >= 11 is 1.33. The highest BCUT2D eigenvalue weighted by Crippen LogP contribution is 2.27. The van der Waals surface area contributed by atoms with Crippen LogP contribution < -0.4 is 4.72 Å². The summed E-state index contributed by atoms with van der Waals surface area (Å²) < 4.78 is 28.5. The van der Waals surface area contributed by atoms with Crippen molar-refractivity contribution < 1.29 is 8.42 Å². The van der Waals surface area contributed by atoms with E-state index in [1.807, 2.05) is 36.4 Å². The molecule has 3 rings (SSSR count). The van der Waals surface area contributed by atoms with E-state index in [0.717, 1.165) is 22.2 Å². The molecule has 0 aliphatic rings. The largest absolute Gasteiger partial charge is 0.263 e. The van der Waals surface area contributed by atoms with Gasteiger partial charge in [0.25, 0.3) is 10.0 Å². The van der Waals surface area contributed by atoms with Gasteiger partial charge in [0.05, 0.1) is 15.1 Å². The van der Waals surface area contributed by atoms with Gasteiger partial charge in [-0.25, -0.2) is 13.4 Å². The molecule has 0 bridgehead atoms. The third-order valence-corrected chi connectivity index (χ3v) is 5.83. The number of fused-ring (bicyclic) bond motifs is 1. The summed E-state index contributed by atoms with van der Waals surface area (Å²) in [6, 6.07) is 14.6. The molecule has 0 fully saturated rings. The summed E-state index contributed by atoms with van der Waals surface area (Å²) in [4.78, 5) is 4.56. The van der Waals surface area contributed by atoms with Crippen molar-refractivity contribution >= 4 is 36.7 Å². The van der Waals surface area contributed by atoms with Crippen LogP contribution >= 0.6 is 11.3 Å². The number of benzene rings is 2. The number of nitrogens with one attached hydrogen (secondary N) is 1. The Bertz CT molecular complexity index is 880. The van der Waals surface area contributed by atoms with Crippen LogP contribution in [0.4, 0.5) is 5.13 Å². The minimum Gasteiger partial charge on any atom is -0.255 e. The van der Waals surface area contributed by atoms with Crippen LogP contribution in [0.15, 0.2) is 53.4 Å². The summed E-state index contributed by atoms with van der Waals surface area (Å²) in [6.07, 6.45) is 0.936. The first-order chi connectivity index (χ1) is 10.9. The number of para-hydroxylation sites is 1. The van der Waals surface area contributed by atoms with Gasteiger partial charge in [-0.05, 0) is 42.2 Å². The van der Waals surface area contributed by atoms with Gasteiger partial charge < -0.3 is 0 Å². The minimum absolute atomic E-state index is 0.254. The second-order valence-corrected chi connectivity index (χ2v) is 8.55. The number of aromatic nitrogens is 1. The molecule has 120 valence electrons. The molecule has 6 heteroatoms.